The van der Waals surface area contributed by atoms with E-state index in [0.29, 0.717) is 11.4 Å². The minimum absolute atomic E-state index is 0.108. The van der Waals surface area contributed by atoms with Crippen LogP contribution in [0.4, 0.5) is 5.69 Å². The van der Waals surface area contributed by atoms with Crippen LogP contribution in [0.3, 0.4) is 0 Å². The minimum Gasteiger partial charge on any atom is -0.495 e. The van der Waals surface area contributed by atoms with Crippen molar-refractivity contribution < 1.29 is 9.53 Å². The highest BCUT2D eigenvalue weighted by atomic mass is 32.2. The first-order chi connectivity index (χ1) is 12.1. The molecule has 0 aliphatic carbocycles. The predicted molar refractivity (Wildman–Crippen MR) is 101 cm³/mol. The van der Waals surface area contributed by atoms with Crippen LogP contribution in [-0.4, -0.2) is 28.2 Å². The van der Waals surface area contributed by atoms with Crippen LogP contribution in [0.15, 0.2) is 53.6 Å². The number of hydrogen-bond donors (Lipinski definition) is 1. The van der Waals surface area contributed by atoms with E-state index in [-0.39, 0.29) is 11.2 Å². The van der Waals surface area contributed by atoms with Crippen LogP contribution < -0.4 is 10.1 Å². The van der Waals surface area contributed by atoms with E-state index >= 15 is 0 Å². The molecule has 0 bridgehead atoms. The molecule has 1 aromatic heterocycles. The number of anilines is 1. The van der Waals surface area contributed by atoms with Crippen molar-refractivity contribution >= 4 is 34.4 Å². The molecule has 0 saturated carbocycles. The number of aromatic nitrogens is 2. The van der Waals surface area contributed by atoms with E-state index in [1.54, 1.807) is 7.11 Å². The summed E-state index contributed by atoms with van der Waals surface area (Å²) in [6, 6.07) is 15.1. The summed E-state index contributed by atoms with van der Waals surface area (Å²) in [7, 11) is 1.58. The Labute approximate surface area is 150 Å². The molecule has 0 unspecified atom stereocenters. The second-order valence-electron chi connectivity index (χ2n) is 5.55. The Balaban J connectivity index is 1.76. The maximum Gasteiger partial charge on any atom is 0.237 e. The number of amides is 1. The summed E-state index contributed by atoms with van der Waals surface area (Å²) in [6.07, 6.45) is 0. The molecule has 1 amide bonds. The van der Waals surface area contributed by atoms with Crippen molar-refractivity contribution in [2.45, 2.75) is 24.1 Å². The SMILES string of the molecule is COc1ccccc1NC(=O)[C@@H](C)Sc1nc2ccccc2nc1C. The van der Waals surface area contributed by atoms with Gasteiger partial charge >= 0.3 is 0 Å². The van der Waals surface area contributed by atoms with Gasteiger partial charge in [0.1, 0.15) is 10.8 Å². The van der Waals surface area contributed by atoms with E-state index in [0.717, 1.165) is 21.8 Å². The van der Waals surface area contributed by atoms with Crippen molar-refractivity contribution in [2.24, 2.45) is 0 Å². The lowest BCUT2D eigenvalue weighted by molar-refractivity contribution is -0.115. The number of benzene rings is 2. The number of hydrogen-bond acceptors (Lipinski definition) is 5. The number of nitrogens with zero attached hydrogens (tertiary/aromatic N) is 2. The molecule has 3 rings (SSSR count). The highest BCUT2D eigenvalue weighted by Crippen LogP contribution is 2.28. The van der Waals surface area contributed by atoms with Gasteiger partial charge in [-0.05, 0) is 38.1 Å². The fourth-order valence-electron chi connectivity index (χ4n) is 2.39. The smallest absolute Gasteiger partial charge is 0.237 e. The number of nitrogens with one attached hydrogen (secondary N) is 1. The van der Waals surface area contributed by atoms with Gasteiger partial charge in [-0.1, -0.05) is 36.0 Å². The number of carbonyl (C=O) groups excluding carboxylic acids is 1. The van der Waals surface area contributed by atoms with Crippen LogP contribution in [0.2, 0.25) is 0 Å². The summed E-state index contributed by atoms with van der Waals surface area (Å²) < 4.78 is 5.27. The van der Waals surface area contributed by atoms with Crippen molar-refractivity contribution in [3.8, 4) is 5.75 Å². The number of fused-ring (bicyclic) bond motifs is 1. The number of ether oxygens (including phenoxy) is 1. The molecule has 1 heterocycles. The largest absolute Gasteiger partial charge is 0.495 e. The molecular weight excluding hydrogens is 334 g/mol. The van der Waals surface area contributed by atoms with Crippen LogP contribution in [0, 0.1) is 6.92 Å². The molecule has 5 nitrogen and oxygen atoms in total. The van der Waals surface area contributed by atoms with E-state index in [1.807, 2.05) is 62.4 Å². The number of carbonyl (C=O) groups is 1. The quantitative estimate of drug-likeness (QED) is 0.701. The van der Waals surface area contributed by atoms with Crippen molar-refractivity contribution in [1.82, 2.24) is 9.97 Å². The molecule has 1 atom stereocenters. The Kier molecular flexibility index (Phi) is 5.19. The molecule has 128 valence electrons. The van der Waals surface area contributed by atoms with Gasteiger partial charge in [0.15, 0.2) is 0 Å². The summed E-state index contributed by atoms with van der Waals surface area (Å²) in [6.45, 7) is 3.76. The van der Waals surface area contributed by atoms with Gasteiger partial charge in [-0.3, -0.25) is 4.79 Å². The molecule has 0 saturated heterocycles. The third kappa shape index (κ3) is 3.91. The van der Waals surface area contributed by atoms with Crippen LogP contribution >= 0.6 is 11.8 Å². The first-order valence-corrected chi connectivity index (χ1v) is 8.80. The molecule has 0 aliphatic heterocycles. The third-order valence-corrected chi connectivity index (χ3v) is 4.90. The van der Waals surface area contributed by atoms with E-state index < -0.39 is 0 Å². The Bertz CT molecular complexity index is 914. The molecule has 3 aromatic rings. The summed E-state index contributed by atoms with van der Waals surface area (Å²) in [5.41, 5.74) is 3.16. The zero-order valence-corrected chi connectivity index (χ0v) is 15.1. The topological polar surface area (TPSA) is 64.1 Å². The molecule has 6 heteroatoms. The monoisotopic (exact) mass is 353 g/mol. The average Bonchev–Trinajstić information content (AvgIpc) is 2.62. The van der Waals surface area contributed by atoms with Crippen LogP contribution in [0.25, 0.3) is 11.0 Å². The number of aryl methyl sites for hydroxylation is 1. The summed E-state index contributed by atoms with van der Waals surface area (Å²) in [4.78, 5) is 21.7. The van der Waals surface area contributed by atoms with Crippen molar-refractivity contribution in [3.05, 3.63) is 54.2 Å². The zero-order valence-electron chi connectivity index (χ0n) is 14.3. The Morgan fingerprint density at radius 3 is 2.44 bits per heavy atom. The lowest BCUT2D eigenvalue weighted by atomic mass is 10.3. The number of para-hydroxylation sites is 4. The predicted octanol–water partition coefficient (Wildman–Crippen LogP) is 4.07. The van der Waals surface area contributed by atoms with Gasteiger partial charge < -0.3 is 10.1 Å². The highest BCUT2D eigenvalue weighted by molar-refractivity contribution is 8.00. The average molecular weight is 353 g/mol. The molecule has 25 heavy (non-hydrogen) atoms. The first kappa shape index (κ1) is 17.2. The van der Waals surface area contributed by atoms with Gasteiger partial charge in [-0.15, -0.1) is 0 Å². The minimum atomic E-state index is -0.320. The fraction of sp³-hybridized carbons (Fsp3) is 0.211. The number of methoxy groups -OCH3 is 1. The van der Waals surface area contributed by atoms with Crippen LogP contribution in [-0.2, 0) is 4.79 Å². The van der Waals surface area contributed by atoms with Gasteiger partial charge in [0, 0.05) is 0 Å². The Hall–Kier alpha value is -2.60. The highest BCUT2D eigenvalue weighted by Gasteiger charge is 2.18. The summed E-state index contributed by atoms with van der Waals surface area (Å²) >= 11 is 1.40. The van der Waals surface area contributed by atoms with Gasteiger partial charge in [0.05, 0.1) is 34.8 Å². The van der Waals surface area contributed by atoms with Crippen molar-refractivity contribution in [3.63, 3.8) is 0 Å². The summed E-state index contributed by atoms with van der Waals surface area (Å²) in [5.74, 6) is 0.526. The first-order valence-electron chi connectivity index (χ1n) is 7.92. The number of thioether (sulfide) groups is 1. The second kappa shape index (κ2) is 7.53. The molecule has 0 fully saturated rings. The molecule has 2 aromatic carbocycles. The molecule has 0 radical (unpaired) electrons. The lowest BCUT2D eigenvalue weighted by Crippen LogP contribution is -2.23. The fourth-order valence-corrected chi connectivity index (χ4v) is 3.26. The summed E-state index contributed by atoms with van der Waals surface area (Å²) in [5, 5.41) is 3.35. The van der Waals surface area contributed by atoms with Gasteiger partial charge in [-0.25, -0.2) is 9.97 Å². The Morgan fingerprint density at radius 2 is 1.72 bits per heavy atom. The van der Waals surface area contributed by atoms with Gasteiger partial charge in [0.2, 0.25) is 5.91 Å². The molecule has 0 aliphatic rings. The van der Waals surface area contributed by atoms with E-state index in [2.05, 4.69) is 15.3 Å². The lowest BCUT2D eigenvalue weighted by Gasteiger charge is -2.14. The molecular formula is C19H19N3O2S. The maximum atomic E-state index is 12.5. The maximum absolute atomic E-state index is 12.5. The van der Waals surface area contributed by atoms with E-state index in [9.17, 15) is 4.79 Å². The zero-order chi connectivity index (χ0) is 17.8. The normalized spacial score (nSPS) is 12.0. The molecule has 1 N–H and O–H groups in total. The van der Waals surface area contributed by atoms with Crippen molar-refractivity contribution in [2.75, 3.05) is 12.4 Å². The second-order valence-corrected chi connectivity index (χ2v) is 6.88. The van der Waals surface area contributed by atoms with Crippen LogP contribution in [0.1, 0.15) is 12.6 Å². The van der Waals surface area contributed by atoms with Gasteiger partial charge in [0.25, 0.3) is 0 Å². The number of rotatable bonds is 5. The van der Waals surface area contributed by atoms with Gasteiger partial charge in [-0.2, -0.15) is 0 Å². The third-order valence-electron chi connectivity index (χ3n) is 3.72. The molecule has 0 spiro atoms. The van der Waals surface area contributed by atoms with E-state index in [4.69, 9.17) is 4.74 Å². The standard InChI is InChI=1S/C19H19N3O2S/c1-12-19(22-15-9-5-4-8-14(15)20-12)25-13(2)18(23)21-16-10-6-7-11-17(16)24-3/h4-11,13H,1-3H3,(H,21,23)/t13-/m1/s1. The van der Waals surface area contributed by atoms with Crippen LogP contribution in [0.5, 0.6) is 5.75 Å². The van der Waals surface area contributed by atoms with Crippen molar-refractivity contribution in [1.29, 1.82) is 0 Å². The van der Waals surface area contributed by atoms with E-state index in [1.165, 1.54) is 11.8 Å². The Morgan fingerprint density at radius 1 is 1.08 bits per heavy atom.